The zero-order valence-electron chi connectivity index (χ0n) is 16.7. The third-order valence-corrected chi connectivity index (χ3v) is 7.11. The number of hydrogen-bond acceptors (Lipinski definition) is 6. The molecule has 0 unspecified atom stereocenters. The number of nitrogens with one attached hydrogen (secondary N) is 2. The van der Waals surface area contributed by atoms with Crippen LogP contribution in [0.25, 0.3) is 0 Å². The minimum Gasteiger partial charge on any atom is -0.482 e. The number of anilines is 1. The van der Waals surface area contributed by atoms with Crippen molar-refractivity contribution in [3.63, 3.8) is 0 Å². The number of aryl methyl sites for hydroxylation is 1. The maximum absolute atomic E-state index is 13.3. The summed E-state index contributed by atoms with van der Waals surface area (Å²) in [4.78, 5) is 24.0. The topological polar surface area (TPSA) is 114 Å². The van der Waals surface area contributed by atoms with Gasteiger partial charge < -0.3 is 20.1 Å². The molecule has 1 fully saturated rings. The molecule has 2 heterocycles. The highest BCUT2D eigenvalue weighted by molar-refractivity contribution is 7.89. The number of amides is 2. The second kappa shape index (κ2) is 9.10. The van der Waals surface area contributed by atoms with Gasteiger partial charge in [-0.05, 0) is 37.8 Å². The Bertz CT molecular complexity index is 886. The van der Waals surface area contributed by atoms with Gasteiger partial charge in [-0.1, -0.05) is 0 Å². The Labute approximate surface area is 170 Å². The zero-order valence-corrected chi connectivity index (χ0v) is 17.5. The summed E-state index contributed by atoms with van der Waals surface area (Å²) in [5, 5.41) is 5.53. The van der Waals surface area contributed by atoms with Crippen LogP contribution in [0, 0.1) is 12.8 Å². The quantitative estimate of drug-likeness (QED) is 0.627. The van der Waals surface area contributed by atoms with Crippen molar-refractivity contribution in [2.75, 3.05) is 45.3 Å². The second-order valence-electron chi connectivity index (χ2n) is 7.29. The predicted octanol–water partition coefficient (Wildman–Crippen LogP) is 0.879. The zero-order chi connectivity index (χ0) is 21.0. The van der Waals surface area contributed by atoms with Crippen LogP contribution in [0.2, 0.25) is 0 Å². The van der Waals surface area contributed by atoms with Crippen molar-refractivity contribution in [2.24, 2.45) is 5.92 Å². The van der Waals surface area contributed by atoms with E-state index in [4.69, 9.17) is 9.47 Å². The molecule has 2 aliphatic heterocycles. The van der Waals surface area contributed by atoms with Gasteiger partial charge in [0, 0.05) is 39.4 Å². The Morgan fingerprint density at radius 2 is 2.21 bits per heavy atom. The molecule has 1 aromatic rings. The molecule has 2 amide bonds. The van der Waals surface area contributed by atoms with E-state index in [1.54, 1.807) is 20.1 Å². The molecule has 0 spiro atoms. The molecule has 1 aromatic carbocycles. The fraction of sp³-hybridized carbons (Fsp3) is 0.579. The molecule has 1 saturated heterocycles. The highest BCUT2D eigenvalue weighted by atomic mass is 32.2. The van der Waals surface area contributed by atoms with Gasteiger partial charge >= 0.3 is 0 Å². The third-order valence-electron chi connectivity index (χ3n) is 5.11. The van der Waals surface area contributed by atoms with Crippen molar-refractivity contribution in [2.45, 2.75) is 31.1 Å². The first kappa shape index (κ1) is 21.5. The van der Waals surface area contributed by atoms with Crippen molar-refractivity contribution in [1.82, 2.24) is 9.62 Å². The lowest BCUT2D eigenvalue weighted by molar-refractivity contribution is -0.126. The summed E-state index contributed by atoms with van der Waals surface area (Å²) in [6.45, 7) is 3.10. The number of methoxy groups -OCH3 is 1. The maximum atomic E-state index is 13.3. The first-order valence-electron chi connectivity index (χ1n) is 9.67. The average molecular weight is 426 g/mol. The van der Waals surface area contributed by atoms with Gasteiger partial charge in [-0.2, -0.15) is 4.31 Å². The Morgan fingerprint density at radius 1 is 1.41 bits per heavy atom. The molecule has 0 radical (unpaired) electrons. The number of sulfonamides is 1. The van der Waals surface area contributed by atoms with Crippen LogP contribution < -0.4 is 15.4 Å². The van der Waals surface area contributed by atoms with Crippen molar-refractivity contribution < 1.29 is 27.5 Å². The number of ether oxygens (including phenoxy) is 2. The lowest BCUT2D eigenvalue weighted by atomic mass is 9.99. The van der Waals surface area contributed by atoms with E-state index in [0.29, 0.717) is 56.0 Å². The first-order chi connectivity index (χ1) is 13.8. The number of piperidine rings is 1. The number of hydrogen-bond donors (Lipinski definition) is 2. The van der Waals surface area contributed by atoms with Gasteiger partial charge in [0.05, 0.1) is 16.5 Å². The normalized spacial score (nSPS) is 19.8. The van der Waals surface area contributed by atoms with E-state index in [1.165, 1.54) is 10.4 Å². The Morgan fingerprint density at radius 3 is 2.97 bits per heavy atom. The summed E-state index contributed by atoms with van der Waals surface area (Å²) in [5.74, 6) is -0.454. The molecule has 9 nitrogen and oxygen atoms in total. The minimum atomic E-state index is -3.79. The van der Waals surface area contributed by atoms with E-state index in [0.717, 1.165) is 0 Å². The monoisotopic (exact) mass is 425 g/mol. The number of rotatable bonds is 7. The average Bonchev–Trinajstić information content (AvgIpc) is 2.70. The summed E-state index contributed by atoms with van der Waals surface area (Å²) < 4.78 is 38.2. The fourth-order valence-corrected chi connectivity index (χ4v) is 5.33. The number of carbonyl (C=O) groups excluding carboxylic acids is 2. The van der Waals surface area contributed by atoms with Crippen LogP contribution in [0.15, 0.2) is 17.0 Å². The fourth-order valence-electron chi connectivity index (χ4n) is 3.58. The van der Waals surface area contributed by atoms with Crippen LogP contribution >= 0.6 is 0 Å². The highest BCUT2D eigenvalue weighted by Gasteiger charge is 2.35. The Hall–Kier alpha value is -2.17. The molecule has 0 aliphatic carbocycles. The van der Waals surface area contributed by atoms with Gasteiger partial charge in [-0.3, -0.25) is 9.59 Å². The molecule has 160 valence electrons. The molecule has 2 N–H and O–H groups in total. The lowest BCUT2D eigenvalue weighted by Crippen LogP contribution is -2.45. The third kappa shape index (κ3) is 4.88. The molecular weight excluding hydrogens is 398 g/mol. The summed E-state index contributed by atoms with van der Waals surface area (Å²) >= 11 is 0. The maximum Gasteiger partial charge on any atom is 0.262 e. The molecule has 0 bridgehead atoms. The molecule has 10 heteroatoms. The summed E-state index contributed by atoms with van der Waals surface area (Å²) in [5.41, 5.74) is 0.977. The van der Waals surface area contributed by atoms with E-state index in [-0.39, 0.29) is 35.8 Å². The number of carbonyl (C=O) groups is 2. The van der Waals surface area contributed by atoms with E-state index < -0.39 is 10.0 Å². The summed E-state index contributed by atoms with van der Waals surface area (Å²) in [6.07, 6.45) is 1.98. The Balaban J connectivity index is 1.74. The molecule has 3 rings (SSSR count). The smallest absolute Gasteiger partial charge is 0.262 e. The van der Waals surface area contributed by atoms with Gasteiger partial charge in [-0.15, -0.1) is 0 Å². The van der Waals surface area contributed by atoms with Crippen LogP contribution in [0.3, 0.4) is 0 Å². The Kier molecular flexibility index (Phi) is 6.76. The van der Waals surface area contributed by atoms with Crippen LogP contribution in [-0.2, 0) is 24.3 Å². The van der Waals surface area contributed by atoms with E-state index in [1.807, 2.05) is 0 Å². The van der Waals surface area contributed by atoms with Gasteiger partial charge in [0.2, 0.25) is 15.9 Å². The van der Waals surface area contributed by atoms with E-state index in [9.17, 15) is 18.0 Å². The van der Waals surface area contributed by atoms with Crippen molar-refractivity contribution in [1.29, 1.82) is 0 Å². The van der Waals surface area contributed by atoms with Gasteiger partial charge in [0.1, 0.15) is 5.75 Å². The number of benzene rings is 1. The van der Waals surface area contributed by atoms with Crippen molar-refractivity contribution in [3.05, 3.63) is 17.7 Å². The molecule has 1 atom stereocenters. The van der Waals surface area contributed by atoms with Gasteiger partial charge in [0.15, 0.2) is 6.61 Å². The van der Waals surface area contributed by atoms with Crippen LogP contribution in [-0.4, -0.2) is 64.5 Å². The van der Waals surface area contributed by atoms with Crippen molar-refractivity contribution >= 4 is 27.5 Å². The molecule has 0 saturated carbocycles. The predicted molar refractivity (Wildman–Crippen MR) is 106 cm³/mol. The van der Waals surface area contributed by atoms with Crippen LogP contribution in [0.4, 0.5) is 5.69 Å². The SMILES string of the molecule is COCCCNC(=O)[C@H]1CCCN(S(=O)(=O)c2cc3c(cc2C)NC(=O)CO3)C1. The van der Waals surface area contributed by atoms with E-state index >= 15 is 0 Å². The number of fused-ring (bicyclic) bond motifs is 1. The first-order valence-corrected chi connectivity index (χ1v) is 11.1. The van der Waals surface area contributed by atoms with Gasteiger partial charge in [0.25, 0.3) is 5.91 Å². The standard InChI is InChI=1S/C19H27N3O6S/c1-13-9-15-16(28-12-18(23)21-15)10-17(13)29(25,26)22-7-3-5-14(11-22)19(24)20-6-4-8-27-2/h9-10,14H,3-8,11-12H2,1-2H3,(H,20,24)(H,21,23)/t14-/m0/s1. The second-order valence-corrected chi connectivity index (χ2v) is 9.20. The number of nitrogens with zero attached hydrogens (tertiary/aromatic N) is 1. The summed E-state index contributed by atoms with van der Waals surface area (Å²) in [6, 6.07) is 3.05. The molecule has 2 aliphatic rings. The van der Waals surface area contributed by atoms with Gasteiger partial charge in [-0.25, -0.2) is 8.42 Å². The van der Waals surface area contributed by atoms with Crippen molar-refractivity contribution in [3.8, 4) is 5.75 Å². The molecule has 0 aromatic heterocycles. The van der Waals surface area contributed by atoms with Crippen LogP contribution in [0.1, 0.15) is 24.8 Å². The largest absolute Gasteiger partial charge is 0.482 e. The summed E-state index contributed by atoms with van der Waals surface area (Å²) in [7, 11) is -2.19. The molecule has 29 heavy (non-hydrogen) atoms. The molecular formula is C19H27N3O6S. The van der Waals surface area contributed by atoms with Crippen LogP contribution in [0.5, 0.6) is 5.75 Å². The highest BCUT2D eigenvalue weighted by Crippen LogP contribution is 2.35. The minimum absolute atomic E-state index is 0.130. The lowest BCUT2D eigenvalue weighted by Gasteiger charge is -2.32. The van der Waals surface area contributed by atoms with E-state index in [2.05, 4.69) is 10.6 Å².